The topological polar surface area (TPSA) is 131 Å². The van der Waals surface area contributed by atoms with Crippen molar-refractivity contribution in [2.45, 2.75) is 24.0 Å². The number of hydrogen-bond donors (Lipinski definition) is 2. The molecule has 1 unspecified atom stereocenters. The van der Waals surface area contributed by atoms with E-state index in [1.54, 1.807) is 66.9 Å². The van der Waals surface area contributed by atoms with Gasteiger partial charge in [0.15, 0.2) is 5.16 Å². The van der Waals surface area contributed by atoms with Crippen molar-refractivity contribution in [2.24, 2.45) is 7.05 Å². The zero-order valence-electron chi connectivity index (χ0n) is 18.9. The monoisotopic (exact) mass is 491 g/mol. The van der Waals surface area contributed by atoms with Crippen molar-refractivity contribution >= 4 is 46.3 Å². The minimum absolute atomic E-state index is 0.139. The lowest BCUT2D eigenvalue weighted by molar-refractivity contribution is -0.138. The number of aryl methyl sites for hydroxylation is 1. The Morgan fingerprint density at radius 1 is 1.06 bits per heavy atom. The number of carbonyl (C=O) groups excluding carboxylic acids is 3. The highest BCUT2D eigenvalue weighted by atomic mass is 32.2. The fourth-order valence-electron chi connectivity index (χ4n) is 4.23. The molecule has 0 bridgehead atoms. The van der Waals surface area contributed by atoms with Gasteiger partial charge >= 0.3 is 6.03 Å². The molecule has 1 fully saturated rings. The van der Waals surface area contributed by atoms with Crippen LogP contribution >= 0.6 is 11.8 Å². The van der Waals surface area contributed by atoms with Crippen molar-refractivity contribution in [2.75, 3.05) is 5.75 Å². The van der Waals surface area contributed by atoms with Crippen LogP contribution in [-0.2, 0) is 22.2 Å². The van der Waals surface area contributed by atoms with Gasteiger partial charge in [-0.2, -0.15) is 5.01 Å². The van der Waals surface area contributed by atoms with Gasteiger partial charge in [0.25, 0.3) is 11.5 Å². The summed E-state index contributed by atoms with van der Waals surface area (Å²) in [6.45, 7) is 1.79. The summed E-state index contributed by atoms with van der Waals surface area (Å²) in [5.74, 6) is -0.923. The number of hydrogen-bond acceptors (Lipinski definition) is 7. The first-order chi connectivity index (χ1) is 16.9. The quantitative estimate of drug-likeness (QED) is 0.309. The molecule has 2 aromatic carbocycles. The number of hydrazine groups is 1. The molecule has 0 radical (unpaired) electrons. The first kappa shape index (κ1) is 22.6. The third-order valence-electron chi connectivity index (χ3n) is 6.05. The molecule has 1 aliphatic rings. The van der Waals surface area contributed by atoms with E-state index in [0.29, 0.717) is 33.8 Å². The van der Waals surface area contributed by atoms with Crippen LogP contribution in [0.2, 0.25) is 0 Å². The maximum absolute atomic E-state index is 13.2. The second-order valence-electron chi connectivity index (χ2n) is 8.02. The molecule has 12 heteroatoms. The molecule has 2 N–H and O–H groups in total. The maximum atomic E-state index is 13.2. The van der Waals surface area contributed by atoms with Gasteiger partial charge in [-0.15, -0.1) is 10.2 Å². The third-order valence-corrected chi connectivity index (χ3v) is 6.98. The van der Waals surface area contributed by atoms with Gasteiger partial charge in [-0.1, -0.05) is 61.2 Å². The molecule has 2 aromatic heterocycles. The lowest BCUT2D eigenvalue weighted by Gasteiger charge is -2.25. The van der Waals surface area contributed by atoms with Crippen LogP contribution in [0.15, 0.2) is 64.5 Å². The Kier molecular flexibility index (Phi) is 5.52. The van der Waals surface area contributed by atoms with Gasteiger partial charge < -0.3 is 5.32 Å². The summed E-state index contributed by atoms with van der Waals surface area (Å²) in [5, 5.41) is 12.6. The predicted molar refractivity (Wildman–Crippen MR) is 128 cm³/mol. The molecule has 0 spiro atoms. The summed E-state index contributed by atoms with van der Waals surface area (Å²) in [6.07, 6.45) is 0.320. The van der Waals surface area contributed by atoms with Crippen LogP contribution in [0.5, 0.6) is 0 Å². The number of imide groups is 1. The van der Waals surface area contributed by atoms with Gasteiger partial charge in [0.05, 0.1) is 16.7 Å². The van der Waals surface area contributed by atoms with Gasteiger partial charge in [-0.05, 0) is 24.1 Å². The summed E-state index contributed by atoms with van der Waals surface area (Å²) in [5.41, 5.74) is 2.21. The normalized spacial score (nSPS) is 17.8. The number of carbonyl (C=O) groups is 3. The molecule has 11 nitrogen and oxygen atoms in total. The van der Waals surface area contributed by atoms with Crippen molar-refractivity contribution in [3.8, 4) is 0 Å². The predicted octanol–water partition coefficient (Wildman–Crippen LogP) is 1.56. The van der Waals surface area contributed by atoms with E-state index in [2.05, 4.69) is 20.9 Å². The number of fused-ring (bicyclic) bond motifs is 3. The van der Waals surface area contributed by atoms with Gasteiger partial charge in [-0.3, -0.25) is 28.8 Å². The standard InChI is InChI=1S/C23H21N7O4S/c1-3-23(14-9-5-4-6-10-14)19(33)30(21(34)24-23)27-17(31)13-35-22-26-25-20-28(2)18(32)15-11-7-8-12-16(15)29(20)22/h4-12H,3,13H2,1-2H3,(H,24,34)(H,27,31). The number of para-hydroxylation sites is 1. The molecular weight excluding hydrogens is 470 g/mol. The van der Waals surface area contributed by atoms with E-state index < -0.39 is 23.4 Å². The minimum atomic E-state index is -1.24. The molecule has 3 heterocycles. The summed E-state index contributed by atoms with van der Waals surface area (Å²) in [7, 11) is 1.60. The molecule has 5 rings (SSSR count). The van der Waals surface area contributed by atoms with E-state index in [9.17, 15) is 19.2 Å². The van der Waals surface area contributed by atoms with E-state index in [4.69, 9.17) is 0 Å². The summed E-state index contributed by atoms with van der Waals surface area (Å²) >= 11 is 1.07. The highest BCUT2D eigenvalue weighted by Crippen LogP contribution is 2.31. The van der Waals surface area contributed by atoms with Gasteiger partial charge in [-0.25, -0.2) is 4.79 Å². The molecule has 0 aliphatic carbocycles. The number of nitrogens with zero attached hydrogens (tertiary/aromatic N) is 5. The van der Waals surface area contributed by atoms with E-state index >= 15 is 0 Å². The SMILES string of the molecule is CCC1(c2ccccc2)NC(=O)N(NC(=O)CSc2nnc3n(C)c(=O)c4ccccc4n23)C1=O. The zero-order valence-corrected chi connectivity index (χ0v) is 19.7. The van der Waals surface area contributed by atoms with E-state index in [1.165, 1.54) is 4.57 Å². The Hall–Kier alpha value is -4.19. The second kappa shape index (κ2) is 8.55. The van der Waals surface area contributed by atoms with Crippen LogP contribution < -0.4 is 16.3 Å². The fraction of sp³-hybridized carbons (Fsp3) is 0.217. The third kappa shape index (κ3) is 3.53. The highest BCUT2D eigenvalue weighted by Gasteiger charge is 2.52. The largest absolute Gasteiger partial charge is 0.344 e. The Balaban J connectivity index is 1.36. The van der Waals surface area contributed by atoms with Crippen molar-refractivity contribution in [1.82, 2.24) is 34.9 Å². The molecule has 4 aromatic rings. The Morgan fingerprint density at radius 2 is 1.77 bits per heavy atom. The maximum Gasteiger partial charge on any atom is 0.344 e. The van der Waals surface area contributed by atoms with Crippen molar-refractivity contribution in [1.29, 1.82) is 0 Å². The Labute approximate surface area is 203 Å². The molecule has 0 saturated carbocycles. The van der Waals surface area contributed by atoms with Crippen LogP contribution in [0.1, 0.15) is 18.9 Å². The number of benzene rings is 2. The number of rotatable bonds is 6. The molecule has 1 aliphatic heterocycles. The fourth-order valence-corrected chi connectivity index (χ4v) is 4.96. The minimum Gasteiger partial charge on any atom is -0.318 e. The number of urea groups is 1. The second-order valence-corrected chi connectivity index (χ2v) is 8.96. The molecule has 1 saturated heterocycles. The summed E-state index contributed by atoms with van der Waals surface area (Å²) in [4.78, 5) is 51.1. The average Bonchev–Trinajstić information content (AvgIpc) is 3.41. The molecular formula is C23H21N7O4S. The smallest absolute Gasteiger partial charge is 0.318 e. The van der Waals surface area contributed by atoms with Crippen molar-refractivity contribution in [3.05, 3.63) is 70.5 Å². The Bertz CT molecular complexity index is 1550. The number of thioether (sulfide) groups is 1. The number of amides is 4. The van der Waals surface area contributed by atoms with E-state index in [1.807, 2.05) is 6.07 Å². The van der Waals surface area contributed by atoms with Gasteiger partial charge in [0.2, 0.25) is 11.7 Å². The first-order valence-electron chi connectivity index (χ1n) is 10.8. The van der Waals surface area contributed by atoms with Crippen molar-refractivity contribution < 1.29 is 14.4 Å². The lowest BCUT2D eigenvalue weighted by Crippen LogP contribution is -2.49. The number of aromatic nitrogens is 4. The first-order valence-corrected chi connectivity index (χ1v) is 11.8. The van der Waals surface area contributed by atoms with Gasteiger partial charge in [0.1, 0.15) is 5.54 Å². The summed E-state index contributed by atoms with van der Waals surface area (Å²) < 4.78 is 3.08. The van der Waals surface area contributed by atoms with Crippen LogP contribution in [0.4, 0.5) is 4.79 Å². The Morgan fingerprint density at radius 3 is 2.51 bits per heavy atom. The van der Waals surface area contributed by atoms with Gasteiger partial charge in [0, 0.05) is 7.05 Å². The van der Waals surface area contributed by atoms with Crippen LogP contribution in [0.3, 0.4) is 0 Å². The van der Waals surface area contributed by atoms with E-state index in [0.717, 1.165) is 16.8 Å². The van der Waals surface area contributed by atoms with Crippen LogP contribution in [0.25, 0.3) is 16.7 Å². The lowest BCUT2D eigenvalue weighted by atomic mass is 9.87. The van der Waals surface area contributed by atoms with Crippen molar-refractivity contribution in [3.63, 3.8) is 0 Å². The van der Waals surface area contributed by atoms with E-state index in [-0.39, 0.29) is 11.3 Å². The highest BCUT2D eigenvalue weighted by molar-refractivity contribution is 7.99. The van der Waals surface area contributed by atoms with Crippen LogP contribution in [-0.4, -0.2) is 47.8 Å². The molecule has 1 atom stereocenters. The summed E-state index contributed by atoms with van der Waals surface area (Å²) in [6, 6.07) is 15.3. The zero-order chi connectivity index (χ0) is 24.7. The molecule has 35 heavy (non-hydrogen) atoms. The van der Waals surface area contributed by atoms with Crippen LogP contribution in [0, 0.1) is 0 Å². The molecule has 178 valence electrons. The molecule has 4 amide bonds. The average molecular weight is 492 g/mol. The number of nitrogens with one attached hydrogen (secondary N) is 2.